The standard InChI is InChI=1S/C14H16N2O3/c1-8-4-5-11-10(6-8)7-12(16(11)3)13(17)15-9(2)14(18)19/h4-7,9H,1-3H3,(H,15,17)(H,18,19)/p-1/t9-/m0/s1. The number of hydrogen-bond acceptors (Lipinski definition) is 3. The van der Waals surface area contributed by atoms with E-state index in [4.69, 9.17) is 0 Å². The lowest BCUT2D eigenvalue weighted by Crippen LogP contribution is -2.46. The number of carboxylic acid groups (broad SMARTS) is 1. The number of carbonyl (C=O) groups excluding carboxylic acids is 2. The van der Waals surface area contributed by atoms with Crippen LogP contribution in [0.3, 0.4) is 0 Å². The minimum atomic E-state index is -1.30. The second-order valence-electron chi connectivity index (χ2n) is 4.67. The predicted octanol–water partition coefficient (Wildman–Crippen LogP) is 0.355. The van der Waals surface area contributed by atoms with E-state index in [1.807, 2.05) is 25.1 Å². The first-order chi connectivity index (χ1) is 8.90. The summed E-state index contributed by atoms with van der Waals surface area (Å²) in [5, 5.41) is 14.0. The molecule has 2 rings (SSSR count). The summed E-state index contributed by atoms with van der Waals surface area (Å²) in [6, 6.07) is 6.61. The van der Waals surface area contributed by atoms with Gasteiger partial charge >= 0.3 is 0 Å². The van der Waals surface area contributed by atoms with Crippen LogP contribution in [0.4, 0.5) is 0 Å². The van der Waals surface area contributed by atoms with Gasteiger partial charge < -0.3 is 19.8 Å². The van der Waals surface area contributed by atoms with Crippen LogP contribution in [0.15, 0.2) is 24.3 Å². The molecule has 0 saturated heterocycles. The third-order valence-corrected chi connectivity index (χ3v) is 3.13. The fraction of sp³-hybridized carbons (Fsp3) is 0.286. The van der Waals surface area contributed by atoms with E-state index in [1.54, 1.807) is 17.7 Å². The summed E-state index contributed by atoms with van der Waals surface area (Å²) in [6.45, 7) is 3.35. The Kier molecular flexibility index (Phi) is 3.29. The monoisotopic (exact) mass is 259 g/mol. The highest BCUT2D eigenvalue weighted by Gasteiger charge is 2.15. The van der Waals surface area contributed by atoms with Crippen LogP contribution < -0.4 is 10.4 Å². The van der Waals surface area contributed by atoms with Crippen molar-refractivity contribution in [2.75, 3.05) is 0 Å². The smallest absolute Gasteiger partial charge is 0.268 e. The topological polar surface area (TPSA) is 74.2 Å². The van der Waals surface area contributed by atoms with Gasteiger partial charge in [0.25, 0.3) is 5.91 Å². The Morgan fingerprint density at radius 1 is 1.32 bits per heavy atom. The second-order valence-corrected chi connectivity index (χ2v) is 4.67. The molecule has 0 unspecified atom stereocenters. The Balaban J connectivity index is 2.37. The van der Waals surface area contributed by atoms with Gasteiger partial charge in [-0.05, 0) is 32.0 Å². The lowest BCUT2D eigenvalue weighted by molar-refractivity contribution is -0.307. The van der Waals surface area contributed by atoms with Crippen LogP contribution >= 0.6 is 0 Å². The summed E-state index contributed by atoms with van der Waals surface area (Å²) in [6.07, 6.45) is 0. The highest BCUT2D eigenvalue weighted by Crippen LogP contribution is 2.20. The summed E-state index contributed by atoms with van der Waals surface area (Å²) < 4.78 is 1.74. The third kappa shape index (κ3) is 2.45. The molecule has 0 aliphatic carbocycles. The number of aliphatic carboxylic acids is 1. The van der Waals surface area contributed by atoms with Crippen LogP contribution in [0, 0.1) is 6.92 Å². The molecule has 1 aromatic heterocycles. The van der Waals surface area contributed by atoms with E-state index in [9.17, 15) is 14.7 Å². The van der Waals surface area contributed by atoms with Crippen LogP contribution in [0.25, 0.3) is 10.9 Å². The SMILES string of the molecule is Cc1ccc2c(c1)cc(C(=O)N[C@@H](C)C(=O)[O-])n2C. The minimum Gasteiger partial charge on any atom is -0.548 e. The molecular formula is C14H15N2O3-. The second kappa shape index (κ2) is 4.76. The first-order valence-electron chi connectivity index (χ1n) is 5.98. The maximum absolute atomic E-state index is 12.0. The van der Waals surface area contributed by atoms with Crippen molar-refractivity contribution in [1.29, 1.82) is 0 Å². The predicted molar refractivity (Wildman–Crippen MR) is 69.6 cm³/mol. The Labute approximate surface area is 110 Å². The number of nitrogens with one attached hydrogen (secondary N) is 1. The molecule has 0 aliphatic heterocycles. The molecule has 100 valence electrons. The van der Waals surface area contributed by atoms with Gasteiger partial charge in [-0.1, -0.05) is 11.6 Å². The van der Waals surface area contributed by atoms with E-state index in [1.165, 1.54) is 6.92 Å². The highest BCUT2D eigenvalue weighted by molar-refractivity contribution is 6.00. The fourth-order valence-corrected chi connectivity index (χ4v) is 2.02. The van der Waals surface area contributed by atoms with E-state index >= 15 is 0 Å². The van der Waals surface area contributed by atoms with Crippen LogP contribution in [0.1, 0.15) is 23.0 Å². The third-order valence-electron chi connectivity index (χ3n) is 3.13. The van der Waals surface area contributed by atoms with Crippen molar-refractivity contribution in [1.82, 2.24) is 9.88 Å². The summed E-state index contributed by atoms with van der Waals surface area (Å²) >= 11 is 0. The van der Waals surface area contributed by atoms with Crippen molar-refractivity contribution in [2.24, 2.45) is 7.05 Å². The number of rotatable bonds is 3. The quantitative estimate of drug-likeness (QED) is 0.864. The fourth-order valence-electron chi connectivity index (χ4n) is 2.02. The normalized spacial score (nSPS) is 12.4. The number of aryl methyl sites for hydroxylation is 2. The van der Waals surface area contributed by atoms with Crippen molar-refractivity contribution >= 4 is 22.8 Å². The Morgan fingerprint density at radius 3 is 2.63 bits per heavy atom. The molecule has 0 radical (unpaired) electrons. The Hall–Kier alpha value is -2.30. The van der Waals surface area contributed by atoms with Gasteiger partial charge in [0, 0.05) is 18.0 Å². The molecular weight excluding hydrogens is 244 g/mol. The average Bonchev–Trinajstić information content (AvgIpc) is 2.66. The van der Waals surface area contributed by atoms with Crippen molar-refractivity contribution < 1.29 is 14.7 Å². The maximum Gasteiger partial charge on any atom is 0.268 e. The molecule has 2 aromatic rings. The molecule has 1 heterocycles. The van der Waals surface area contributed by atoms with E-state index < -0.39 is 17.9 Å². The minimum absolute atomic E-state index is 0.423. The number of aromatic nitrogens is 1. The van der Waals surface area contributed by atoms with Gasteiger partial charge in [0.1, 0.15) is 5.69 Å². The highest BCUT2D eigenvalue weighted by atomic mass is 16.4. The van der Waals surface area contributed by atoms with Crippen LogP contribution in [0.5, 0.6) is 0 Å². The van der Waals surface area contributed by atoms with E-state index in [2.05, 4.69) is 5.32 Å². The first-order valence-corrected chi connectivity index (χ1v) is 5.98. The molecule has 0 spiro atoms. The summed E-state index contributed by atoms with van der Waals surface area (Å²) in [5.41, 5.74) is 2.46. The van der Waals surface area contributed by atoms with E-state index in [-0.39, 0.29) is 0 Å². The Bertz CT molecular complexity index is 658. The molecule has 0 bridgehead atoms. The van der Waals surface area contributed by atoms with Gasteiger partial charge in [0.05, 0.1) is 12.0 Å². The summed E-state index contributed by atoms with van der Waals surface area (Å²) in [7, 11) is 1.77. The van der Waals surface area contributed by atoms with Crippen molar-refractivity contribution in [2.45, 2.75) is 19.9 Å². The van der Waals surface area contributed by atoms with Crippen LogP contribution in [0.2, 0.25) is 0 Å². The molecule has 0 fully saturated rings. The maximum atomic E-state index is 12.0. The van der Waals surface area contributed by atoms with Crippen molar-refractivity contribution in [3.05, 3.63) is 35.5 Å². The zero-order valence-corrected chi connectivity index (χ0v) is 11.1. The molecule has 1 amide bonds. The molecule has 1 atom stereocenters. The first kappa shape index (κ1) is 13.1. The average molecular weight is 259 g/mol. The number of carbonyl (C=O) groups is 2. The van der Waals surface area contributed by atoms with Gasteiger partial charge in [-0.25, -0.2) is 0 Å². The lowest BCUT2D eigenvalue weighted by Gasteiger charge is -2.14. The number of fused-ring (bicyclic) bond motifs is 1. The molecule has 1 aromatic carbocycles. The van der Waals surface area contributed by atoms with Crippen LogP contribution in [-0.4, -0.2) is 22.5 Å². The van der Waals surface area contributed by atoms with Crippen LogP contribution in [-0.2, 0) is 11.8 Å². The lowest BCUT2D eigenvalue weighted by atomic mass is 10.2. The van der Waals surface area contributed by atoms with E-state index in [0.717, 1.165) is 16.5 Å². The van der Waals surface area contributed by atoms with E-state index in [0.29, 0.717) is 5.69 Å². The number of carboxylic acids is 1. The largest absolute Gasteiger partial charge is 0.548 e. The zero-order chi connectivity index (χ0) is 14.2. The van der Waals surface area contributed by atoms with Crippen molar-refractivity contribution in [3.8, 4) is 0 Å². The van der Waals surface area contributed by atoms with Gasteiger partial charge in [-0.3, -0.25) is 4.79 Å². The van der Waals surface area contributed by atoms with Gasteiger partial charge in [0.2, 0.25) is 0 Å². The molecule has 0 aliphatic rings. The summed E-state index contributed by atoms with van der Waals surface area (Å²) in [4.78, 5) is 22.6. The van der Waals surface area contributed by atoms with Gasteiger partial charge in [0.15, 0.2) is 0 Å². The zero-order valence-electron chi connectivity index (χ0n) is 11.1. The molecule has 0 saturated carbocycles. The number of benzene rings is 1. The number of nitrogens with zero attached hydrogens (tertiary/aromatic N) is 1. The number of amides is 1. The number of hydrogen-bond donors (Lipinski definition) is 1. The van der Waals surface area contributed by atoms with Crippen molar-refractivity contribution in [3.63, 3.8) is 0 Å². The molecule has 19 heavy (non-hydrogen) atoms. The molecule has 5 nitrogen and oxygen atoms in total. The Morgan fingerprint density at radius 2 is 2.00 bits per heavy atom. The molecule has 5 heteroatoms. The molecule has 1 N–H and O–H groups in total. The van der Waals surface area contributed by atoms with Gasteiger partial charge in [-0.2, -0.15) is 0 Å². The summed E-state index contributed by atoms with van der Waals surface area (Å²) in [5.74, 6) is -1.73. The van der Waals surface area contributed by atoms with Gasteiger partial charge in [-0.15, -0.1) is 0 Å².